The van der Waals surface area contributed by atoms with Gasteiger partial charge < -0.3 is 0 Å². The molecule has 1 aromatic carbocycles. The van der Waals surface area contributed by atoms with Crippen molar-refractivity contribution in [3.63, 3.8) is 0 Å². The Hall–Kier alpha value is 0.470. The van der Waals surface area contributed by atoms with Crippen molar-refractivity contribution in [2.75, 3.05) is 3.94 Å². The monoisotopic (exact) mass is 263 g/mol. The average Bonchev–Trinajstić information content (AvgIpc) is 1.82. The molecule has 0 aliphatic heterocycles. The summed E-state index contributed by atoms with van der Waals surface area (Å²) in [5, 5.41) is 1.04. The molecule has 1 aromatic rings. The van der Waals surface area contributed by atoms with Gasteiger partial charge in [-0.15, -0.1) is 0 Å². The Labute approximate surface area is 94.9 Å². The Morgan fingerprint density at radius 3 is 1.67 bits per heavy atom. The third-order valence-corrected chi connectivity index (χ3v) is 2.28. The molecule has 0 aliphatic carbocycles. The molecule has 0 saturated heterocycles. The first kappa shape index (κ1) is 10.6. The third-order valence-electron chi connectivity index (χ3n) is 1.15. The van der Waals surface area contributed by atoms with Gasteiger partial charge in [-0.25, -0.2) is 0 Å². The summed E-state index contributed by atoms with van der Waals surface area (Å²) in [4.78, 5) is 0. The van der Waals surface area contributed by atoms with Crippen molar-refractivity contribution in [2.24, 2.45) is 0 Å². The summed E-state index contributed by atoms with van der Waals surface area (Å²) in [6, 6.07) is 3.00. The molecule has 0 aromatic heterocycles. The van der Waals surface area contributed by atoms with Crippen LogP contribution >= 0.6 is 58.4 Å². The lowest BCUT2D eigenvalue weighted by molar-refractivity contribution is 1.57. The van der Waals surface area contributed by atoms with Crippen LogP contribution in [0.25, 0.3) is 0 Å². The largest absolute Gasteiger partial charge is 0.191 e. The molecule has 0 spiro atoms. The second kappa shape index (κ2) is 4.12. The van der Waals surface area contributed by atoms with E-state index in [1.54, 1.807) is 0 Å². The molecule has 6 heteroatoms. The molecule has 12 heavy (non-hydrogen) atoms. The van der Waals surface area contributed by atoms with Gasteiger partial charge in [0.2, 0.25) is 0 Å². The molecule has 0 N–H and O–H groups in total. The van der Waals surface area contributed by atoms with Crippen LogP contribution in [-0.2, 0) is 0 Å². The van der Waals surface area contributed by atoms with E-state index in [4.69, 9.17) is 58.4 Å². The van der Waals surface area contributed by atoms with Crippen molar-refractivity contribution >= 4 is 64.0 Å². The number of hydrogen-bond acceptors (Lipinski definition) is 1. The number of halogens is 5. The zero-order chi connectivity index (χ0) is 9.30. The first-order valence-corrected chi connectivity index (χ1v) is 4.59. The molecule has 0 amide bonds. The maximum atomic E-state index is 5.75. The van der Waals surface area contributed by atoms with Gasteiger partial charge in [-0.2, -0.15) is 3.94 Å². The molecule has 1 rings (SSSR count). The van der Waals surface area contributed by atoms with E-state index in [2.05, 4.69) is 0 Å². The summed E-state index contributed by atoms with van der Waals surface area (Å²) in [5.41, 5.74) is 0.325. The minimum absolute atomic E-state index is 0.303. The maximum Gasteiger partial charge on any atom is 0.108 e. The summed E-state index contributed by atoms with van der Waals surface area (Å²) in [5.74, 6) is 0. The number of rotatable bonds is 1. The lowest BCUT2D eigenvalue weighted by Gasteiger charge is -2.09. The first-order chi connectivity index (χ1) is 5.52. The van der Waals surface area contributed by atoms with E-state index in [1.807, 2.05) is 0 Å². The first-order valence-electron chi connectivity index (χ1n) is 2.78. The SMILES string of the molecule is Clc1cc(Cl)c(N(Cl)Cl)c(Cl)c1. The average molecular weight is 265 g/mol. The van der Waals surface area contributed by atoms with Gasteiger partial charge in [0.25, 0.3) is 0 Å². The molecule has 0 fully saturated rings. The topological polar surface area (TPSA) is 3.24 Å². The van der Waals surface area contributed by atoms with Crippen molar-refractivity contribution in [3.05, 3.63) is 27.2 Å². The van der Waals surface area contributed by atoms with Gasteiger partial charge in [0.15, 0.2) is 0 Å². The number of anilines is 1. The number of benzene rings is 1. The zero-order valence-corrected chi connectivity index (χ0v) is 9.27. The Morgan fingerprint density at radius 2 is 1.33 bits per heavy atom. The molecule has 66 valence electrons. The van der Waals surface area contributed by atoms with Crippen molar-refractivity contribution in [1.29, 1.82) is 0 Å². The van der Waals surface area contributed by atoms with Crippen LogP contribution in [0.15, 0.2) is 12.1 Å². The Bertz CT molecular complexity index is 275. The van der Waals surface area contributed by atoms with E-state index in [-0.39, 0.29) is 0 Å². The van der Waals surface area contributed by atoms with Gasteiger partial charge in [-0.3, -0.25) is 0 Å². The van der Waals surface area contributed by atoms with Crippen LogP contribution in [-0.4, -0.2) is 0 Å². The molecule has 1 nitrogen and oxygen atoms in total. The van der Waals surface area contributed by atoms with Crippen LogP contribution < -0.4 is 3.94 Å². The summed E-state index contributed by atoms with van der Waals surface area (Å²) < 4.78 is 0.793. The summed E-state index contributed by atoms with van der Waals surface area (Å²) in [7, 11) is 0. The normalized spacial score (nSPS) is 10.1. The van der Waals surface area contributed by atoms with Crippen molar-refractivity contribution < 1.29 is 0 Å². The number of nitrogens with zero attached hydrogens (tertiary/aromatic N) is 1. The minimum atomic E-state index is 0.303. The predicted molar refractivity (Wildman–Crippen MR) is 55.7 cm³/mol. The Balaban J connectivity index is 3.28. The fourth-order valence-electron chi connectivity index (χ4n) is 0.696. The smallest absolute Gasteiger partial charge is 0.108 e. The Kier molecular flexibility index (Phi) is 3.62. The molecule has 0 aliphatic rings. The second-order valence-electron chi connectivity index (χ2n) is 1.95. The van der Waals surface area contributed by atoms with Gasteiger partial charge in [0.05, 0.1) is 10.0 Å². The van der Waals surface area contributed by atoms with E-state index >= 15 is 0 Å². The molecular formula is C6H2Cl5N. The summed E-state index contributed by atoms with van der Waals surface area (Å²) >= 11 is 28.1. The number of hydrogen-bond donors (Lipinski definition) is 0. The molecule has 0 unspecified atom stereocenters. The fourth-order valence-corrected chi connectivity index (χ4v) is 2.22. The van der Waals surface area contributed by atoms with Crippen molar-refractivity contribution in [2.45, 2.75) is 0 Å². The van der Waals surface area contributed by atoms with Crippen LogP contribution in [0.4, 0.5) is 5.69 Å². The van der Waals surface area contributed by atoms with Gasteiger partial charge in [-0.05, 0) is 12.1 Å². The molecule has 0 bridgehead atoms. The molecular weight excluding hydrogens is 263 g/mol. The summed E-state index contributed by atoms with van der Waals surface area (Å²) in [6.07, 6.45) is 0. The van der Waals surface area contributed by atoms with Crippen molar-refractivity contribution in [1.82, 2.24) is 0 Å². The zero-order valence-electron chi connectivity index (χ0n) is 5.49. The summed E-state index contributed by atoms with van der Waals surface area (Å²) in [6.45, 7) is 0. The highest BCUT2D eigenvalue weighted by atomic mass is 35.5. The lowest BCUT2D eigenvalue weighted by Crippen LogP contribution is -1.93. The van der Waals surface area contributed by atoms with E-state index in [9.17, 15) is 0 Å². The Morgan fingerprint density at radius 1 is 0.917 bits per heavy atom. The lowest BCUT2D eigenvalue weighted by atomic mass is 10.3. The minimum Gasteiger partial charge on any atom is -0.191 e. The van der Waals surface area contributed by atoms with Crippen LogP contribution in [0.2, 0.25) is 15.1 Å². The van der Waals surface area contributed by atoms with Crippen molar-refractivity contribution in [3.8, 4) is 0 Å². The molecule has 0 saturated carbocycles. The highest BCUT2D eigenvalue weighted by Gasteiger charge is 2.11. The van der Waals surface area contributed by atoms with Crippen LogP contribution in [0.3, 0.4) is 0 Å². The quantitative estimate of drug-likeness (QED) is 0.662. The van der Waals surface area contributed by atoms with Crippen LogP contribution in [0.5, 0.6) is 0 Å². The predicted octanol–water partition coefficient (Wildman–Crippen LogP) is 4.76. The molecule has 0 atom stereocenters. The van der Waals surface area contributed by atoms with Crippen LogP contribution in [0.1, 0.15) is 0 Å². The van der Waals surface area contributed by atoms with E-state index < -0.39 is 0 Å². The van der Waals surface area contributed by atoms with Gasteiger partial charge in [0, 0.05) is 28.6 Å². The molecule has 0 radical (unpaired) electrons. The van der Waals surface area contributed by atoms with Gasteiger partial charge in [0.1, 0.15) is 5.69 Å². The van der Waals surface area contributed by atoms with E-state index in [0.29, 0.717) is 20.8 Å². The highest BCUT2D eigenvalue weighted by Crippen LogP contribution is 2.38. The second-order valence-corrected chi connectivity index (χ2v) is 4.05. The van der Waals surface area contributed by atoms with E-state index in [1.165, 1.54) is 12.1 Å². The standard InChI is InChI=1S/C6H2Cl5N/c7-3-1-4(8)6(12(10)11)5(9)2-3/h1-2H. The highest BCUT2D eigenvalue weighted by molar-refractivity contribution is 6.53. The molecule has 0 heterocycles. The maximum absolute atomic E-state index is 5.75. The fraction of sp³-hybridized carbons (Fsp3) is 0. The van der Waals surface area contributed by atoms with Gasteiger partial charge in [-0.1, -0.05) is 34.8 Å². The van der Waals surface area contributed by atoms with Crippen LogP contribution in [0, 0.1) is 0 Å². The third kappa shape index (κ3) is 2.24. The van der Waals surface area contributed by atoms with E-state index in [0.717, 1.165) is 3.94 Å². The van der Waals surface area contributed by atoms with Gasteiger partial charge >= 0.3 is 0 Å².